The molecule has 0 radical (unpaired) electrons. The van der Waals surface area contributed by atoms with Crippen molar-refractivity contribution in [3.05, 3.63) is 64.7 Å². The quantitative estimate of drug-likeness (QED) is 0.482. The van der Waals surface area contributed by atoms with E-state index >= 15 is 0 Å². The van der Waals surface area contributed by atoms with E-state index < -0.39 is 11.8 Å². The second kappa shape index (κ2) is 8.19. The molecule has 3 aromatic heterocycles. The molecule has 0 aliphatic carbocycles. The molecule has 31 heavy (non-hydrogen) atoms. The number of thiophene rings is 1. The molecular weight excluding hydrogens is 412 g/mol. The van der Waals surface area contributed by atoms with Crippen LogP contribution in [0.25, 0.3) is 21.6 Å². The number of hydrazine groups is 1. The Morgan fingerprint density at radius 1 is 1.06 bits per heavy atom. The van der Waals surface area contributed by atoms with Crippen LogP contribution in [0.4, 0.5) is 5.69 Å². The van der Waals surface area contributed by atoms with E-state index in [0.717, 1.165) is 10.6 Å². The van der Waals surface area contributed by atoms with E-state index in [1.54, 1.807) is 36.0 Å². The summed E-state index contributed by atoms with van der Waals surface area (Å²) in [5.74, 6) is -0.831. The topological polar surface area (TPSA) is 92.1 Å². The van der Waals surface area contributed by atoms with Crippen LogP contribution in [0, 0.1) is 6.92 Å². The van der Waals surface area contributed by atoms with Gasteiger partial charge in [0.2, 0.25) is 0 Å². The molecule has 158 valence electrons. The van der Waals surface area contributed by atoms with Crippen molar-refractivity contribution in [1.82, 2.24) is 25.6 Å². The standard InChI is InChI=1S/C22H22N6O2S/c1-13-19-16(12-17(18-9-6-10-31-18)23-20(19)28(4)26-13)22(30)25-24-21(29)14-7-5-8-15(11-14)27(2)3/h5-12H,1-4H3,(H,24,29)(H,25,30). The van der Waals surface area contributed by atoms with Gasteiger partial charge in [-0.1, -0.05) is 12.1 Å². The van der Waals surface area contributed by atoms with E-state index in [2.05, 4.69) is 20.9 Å². The van der Waals surface area contributed by atoms with Gasteiger partial charge in [0.1, 0.15) is 0 Å². The first-order valence-electron chi connectivity index (χ1n) is 9.61. The number of pyridine rings is 1. The Bertz CT molecular complexity index is 1280. The number of aryl methyl sites for hydroxylation is 2. The molecule has 2 amide bonds. The molecular formula is C22H22N6O2S. The highest BCUT2D eigenvalue weighted by molar-refractivity contribution is 7.13. The van der Waals surface area contributed by atoms with Crippen molar-refractivity contribution in [2.24, 2.45) is 7.05 Å². The van der Waals surface area contributed by atoms with Crippen LogP contribution in [-0.4, -0.2) is 40.7 Å². The fourth-order valence-electron chi connectivity index (χ4n) is 3.35. The fraction of sp³-hybridized carbons (Fsp3) is 0.182. The van der Waals surface area contributed by atoms with E-state index in [0.29, 0.717) is 33.5 Å². The Morgan fingerprint density at radius 3 is 2.55 bits per heavy atom. The molecule has 4 aromatic rings. The lowest BCUT2D eigenvalue weighted by molar-refractivity contribution is 0.0847. The summed E-state index contributed by atoms with van der Waals surface area (Å²) < 4.78 is 1.66. The van der Waals surface area contributed by atoms with Gasteiger partial charge in [0, 0.05) is 32.4 Å². The normalized spacial score (nSPS) is 10.8. The lowest BCUT2D eigenvalue weighted by atomic mass is 10.1. The summed E-state index contributed by atoms with van der Waals surface area (Å²) in [4.78, 5) is 33.2. The van der Waals surface area contributed by atoms with Crippen molar-refractivity contribution in [3.63, 3.8) is 0 Å². The van der Waals surface area contributed by atoms with Gasteiger partial charge in [0.25, 0.3) is 11.8 Å². The van der Waals surface area contributed by atoms with Crippen LogP contribution >= 0.6 is 11.3 Å². The maximum atomic E-state index is 13.1. The number of fused-ring (bicyclic) bond motifs is 1. The van der Waals surface area contributed by atoms with E-state index in [9.17, 15) is 9.59 Å². The highest BCUT2D eigenvalue weighted by Crippen LogP contribution is 2.29. The van der Waals surface area contributed by atoms with Gasteiger partial charge < -0.3 is 4.90 Å². The van der Waals surface area contributed by atoms with Crippen molar-refractivity contribution in [3.8, 4) is 10.6 Å². The zero-order valence-corrected chi connectivity index (χ0v) is 18.4. The molecule has 1 aromatic carbocycles. The van der Waals surface area contributed by atoms with Crippen molar-refractivity contribution in [2.75, 3.05) is 19.0 Å². The molecule has 0 atom stereocenters. The summed E-state index contributed by atoms with van der Waals surface area (Å²) in [6.45, 7) is 1.83. The second-order valence-electron chi connectivity index (χ2n) is 7.29. The highest BCUT2D eigenvalue weighted by Gasteiger charge is 2.20. The van der Waals surface area contributed by atoms with Gasteiger partial charge in [-0.3, -0.25) is 25.1 Å². The van der Waals surface area contributed by atoms with Crippen molar-refractivity contribution in [1.29, 1.82) is 0 Å². The number of nitrogens with zero attached hydrogens (tertiary/aromatic N) is 4. The fourth-order valence-corrected chi connectivity index (χ4v) is 4.04. The van der Waals surface area contributed by atoms with Gasteiger partial charge >= 0.3 is 0 Å². The van der Waals surface area contributed by atoms with E-state index in [1.165, 1.54) is 11.3 Å². The number of rotatable bonds is 4. The molecule has 3 heterocycles. The molecule has 0 spiro atoms. The van der Waals surface area contributed by atoms with Crippen molar-refractivity contribution in [2.45, 2.75) is 6.92 Å². The van der Waals surface area contributed by atoms with Gasteiger partial charge in [0.15, 0.2) is 5.65 Å². The summed E-state index contributed by atoms with van der Waals surface area (Å²) >= 11 is 1.54. The molecule has 0 aliphatic heterocycles. The maximum Gasteiger partial charge on any atom is 0.270 e. The third kappa shape index (κ3) is 3.99. The Morgan fingerprint density at radius 2 is 1.84 bits per heavy atom. The molecule has 0 aliphatic rings. The number of anilines is 1. The molecule has 0 saturated carbocycles. The van der Waals surface area contributed by atoms with E-state index in [-0.39, 0.29) is 0 Å². The highest BCUT2D eigenvalue weighted by atomic mass is 32.1. The molecule has 0 unspecified atom stereocenters. The third-order valence-corrected chi connectivity index (χ3v) is 5.79. The number of hydrogen-bond donors (Lipinski definition) is 2. The summed E-state index contributed by atoms with van der Waals surface area (Å²) in [5.41, 5.74) is 8.77. The summed E-state index contributed by atoms with van der Waals surface area (Å²) in [6.07, 6.45) is 0. The van der Waals surface area contributed by atoms with Crippen LogP contribution in [0.3, 0.4) is 0 Å². The molecule has 8 nitrogen and oxygen atoms in total. The van der Waals surface area contributed by atoms with Crippen LogP contribution in [0.15, 0.2) is 47.8 Å². The molecule has 4 rings (SSSR count). The van der Waals surface area contributed by atoms with Gasteiger partial charge in [0.05, 0.1) is 27.2 Å². The summed E-state index contributed by atoms with van der Waals surface area (Å²) in [5, 5.41) is 7.02. The van der Waals surface area contributed by atoms with Crippen LogP contribution in [0.2, 0.25) is 0 Å². The van der Waals surface area contributed by atoms with Gasteiger partial charge in [-0.05, 0) is 42.6 Å². The number of hydrogen-bond acceptors (Lipinski definition) is 6. The molecule has 0 saturated heterocycles. The Balaban J connectivity index is 1.63. The summed E-state index contributed by atoms with van der Waals surface area (Å²) in [7, 11) is 5.59. The average molecular weight is 435 g/mol. The number of aromatic nitrogens is 3. The Hall–Kier alpha value is -3.72. The largest absolute Gasteiger partial charge is 0.378 e. The predicted molar refractivity (Wildman–Crippen MR) is 122 cm³/mol. The number of carbonyl (C=O) groups is 2. The smallest absolute Gasteiger partial charge is 0.270 e. The van der Waals surface area contributed by atoms with Crippen molar-refractivity contribution >= 4 is 39.9 Å². The van der Waals surface area contributed by atoms with Gasteiger partial charge in [-0.25, -0.2) is 4.98 Å². The van der Waals surface area contributed by atoms with Gasteiger partial charge in [-0.15, -0.1) is 11.3 Å². The minimum atomic E-state index is -0.432. The second-order valence-corrected chi connectivity index (χ2v) is 8.24. The lowest BCUT2D eigenvalue weighted by Gasteiger charge is -2.14. The molecule has 2 N–H and O–H groups in total. The minimum absolute atomic E-state index is 0.399. The Kier molecular flexibility index (Phi) is 5.43. The zero-order chi connectivity index (χ0) is 22.1. The number of benzene rings is 1. The molecule has 9 heteroatoms. The number of amides is 2. The van der Waals surface area contributed by atoms with Crippen LogP contribution in [0.5, 0.6) is 0 Å². The summed E-state index contributed by atoms with van der Waals surface area (Å²) in [6, 6.07) is 12.8. The molecule has 0 bridgehead atoms. The van der Waals surface area contributed by atoms with E-state index in [4.69, 9.17) is 0 Å². The first-order chi connectivity index (χ1) is 14.8. The van der Waals surface area contributed by atoms with Crippen LogP contribution in [0.1, 0.15) is 26.4 Å². The third-order valence-electron chi connectivity index (χ3n) is 4.90. The minimum Gasteiger partial charge on any atom is -0.378 e. The van der Waals surface area contributed by atoms with Gasteiger partial charge in [-0.2, -0.15) is 5.10 Å². The zero-order valence-electron chi connectivity index (χ0n) is 17.6. The first kappa shape index (κ1) is 20.5. The van der Waals surface area contributed by atoms with E-state index in [1.807, 2.05) is 49.5 Å². The SMILES string of the molecule is Cc1nn(C)c2nc(-c3cccs3)cc(C(=O)NNC(=O)c3cccc(N(C)C)c3)c12. The first-order valence-corrected chi connectivity index (χ1v) is 10.5. The predicted octanol–water partition coefficient (Wildman–Crippen LogP) is 3.15. The maximum absolute atomic E-state index is 13.1. The number of carbonyl (C=O) groups excluding carboxylic acids is 2. The monoisotopic (exact) mass is 434 g/mol. The lowest BCUT2D eigenvalue weighted by Crippen LogP contribution is -2.41. The average Bonchev–Trinajstić information content (AvgIpc) is 3.40. The van der Waals surface area contributed by atoms with Crippen molar-refractivity contribution < 1.29 is 9.59 Å². The molecule has 0 fully saturated rings. The number of nitrogens with one attached hydrogen (secondary N) is 2. The van der Waals surface area contributed by atoms with Crippen LogP contribution < -0.4 is 15.8 Å². The van der Waals surface area contributed by atoms with Crippen LogP contribution in [-0.2, 0) is 7.05 Å². The Labute approximate surface area is 183 Å².